The molecule has 18 nitrogen and oxygen atoms in total. The molecule has 22 heteroatoms. The minimum Gasteiger partial charge on any atom is -0.493 e. The number of carbonyl (C=O) groups is 5. The van der Waals surface area contributed by atoms with E-state index in [1.807, 2.05) is 32.0 Å². The Morgan fingerprint density at radius 3 is 2.44 bits per heavy atom. The maximum absolute atomic E-state index is 14.7. The van der Waals surface area contributed by atoms with Crippen molar-refractivity contribution in [2.45, 2.75) is 132 Å². The van der Waals surface area contributed by atoms with Crippen LogP contribution in [0, 0.1) is 18.3 Å². The van der Waals surface area contributed by atoms with Crippen molar-refractivity contribution in [2.75, 3.05) is 55.3 Å². The van der Waals surface area contributed by atoms with E-state index in [0.29, 0.717) is 65.3 Å². The van der Waals surface area contributed by atoms with Crippen LogP contribution in [0.1, 0.15) is 90.3 Å². The summed E-state index contributed by atoms with van der Waals surface area (Å²) < 4.78 is 21.2. The van der Waals surface area contributed by atoms with Crippen LogP contribution in [0.5, 0.6) is 5.75 Å². The van der Waals surface area contributed by atoms with Gasteiger partial charge in [0.1, 0.15) is 35.1 Å². The van der Waals surface area contributed by atoms with Gasteiger partial charge in [0.25, 0.3) is 5.91 Å². The first-order chi connectivity index (χ1) is 34.6. The molecule has 2 aromatic heterocycles. The Kier molecular flexibility index (Phi) is 16.2. The highest BCUT2D eigenvalue weighted by Crippen LogP contribution is 2.41. The number of nitrogens with two attached hydrogens (primary N) is 2. The molecule has 4 aliphatic rings. The van der Waals surface area contributed by atoms with E-state index in [1.165, 1.54) is 28.0 Å². The number of likely N-dealkylation sites (tertiary alicyclic amines) is 2. The average molecular weight is 1060 g/mol. The van der Waals surface area contributed by atoms with E-state index in [0.717, 1.165) is 42.1 Å². The molecule has 3 saturated heterocycles. The van der Waals surface area contributed by atoms with Crippen LogP contribution >= 0.6 is 34.7 Å². The van der Waals surface area contributed by atoms with Gasteiger partial charge in [-0.15, -0.1) is 11.3 Å². The van der Waals surface area contributed by atoms with Gasteiger partial charge >= 0.3 is 0 Å². The molecular weight excluding hydrogens is 997 g/mol. The first-order valence-corrected chi connectivity index (χ1v) is 26.8. The van der Waals surface area contributed by atoms with Crippen molar-refractivity contribution >= 4 is 81.6 Å². The average Bonchev–Trinajstić information content (AvgIpc) is 3.75. The number of aliphatic hydroxyl groups excluding tert-OH is 1. The van der Waals surface area contributed by atoms with Gasteiger partial charge in [-0.3, -0.25) is 24.0 Å². The van der Waals surface area contributed by atoms with Crippen LogP contribution in [0.2, 0.25) is 5.02 Å². The zero-order valence-electron chi connectivity index (χ0n) is 41.8. The van der Waals surface area contributed by atoms with Crippen molar-refractivity contribution < 1.29 is 38.2 Å². The monoisotopic (exact) mass is 1060 g/mol. The number of aromatic nitrogens is 3. The van der Waals surface area contributed by atoms with Crippen molar-refractivity contribution in [2.24, 2.45) is 17.1 Å². The molecule has 1 aliphatic carbocycles. The molecule has 0 radical (unpaired) electrons. The zero-order valence-corrected chi connectivity index (χ0v) is 44.2. The number of carbonyl (C=O) groups excluding carboxylic acids is 5. The number of nitrogen functional groups attached to an aromatic ring is 1. The zero-order chi connectivity index (χ0) is 52.4. The normalized spacial score (nSPS) is 20.0. The Morgan fingerprint density at radius 1 is 1.05 bits per heavy atom. The van der Waals surface area contributed by atoms with Gasteiger partial charge in [-0.05, 0) is 87.5 Å². The molecule has 3 aliphatic heterocycles. The van der Waals surface area contributed by atoms with Crippen molar-refractivity contribution in [3.05, 3.63) is 64.4 Å². The first kappa shape index (κ1) is 53.7. The number of hydrogen-bond acceptors (Lipinski definition) is 15. The Hall–Kier alpha value is -5.61. The standard InChI is InChI=1S/C51H65ClFN11O7S2/c1-29-42(72-28-58-29)31-9-10-32(24-56-45(68)35-22-33(65)26-64(35)47(69)43(49(2,3)4)61-48(70)51(53)13-14-51)36(21-31)71-27-30-11-17-63(18-12-30)40(67)23-39(66)59-34-7-6-8-37(41(34)52)73-46-44(54)60-38(25-57-46)62-19-15-50(5,55)16-20-62/h6-10,21,25,28,30,33,35,43,65H,11-20,22-24,26-27,55H2,1-5H3,(H2,54,60)(H,56,68)(H,59,66)(H,61,70)/t33?,35?,43-/m1/s1. The second-order valence-corrected chi connectivity index (χ2v) is 23.3. The first-order valence-electron chi connectivity index (χ1n) is 24.7. The van der Waals surface area contributed by atoms with Crippen molar-refractivity contribution in [1.29, 1.82) is 0 Å². The van der Waals surface area contributed by atoms with Crippen LogP contribution in [0.15, 0.2) is 58.0 Å². The third-order valence-corrected chi connectivity index (χ3v) is 16.6. The fourth-order valence-corrected chi connectivity index (χ4v) is 11.1. The number of amides is 5. The molecule has 0 bridgehead atoms. The van der Waals surface area contributed by atoms with E-state index >= 15 is 0 Å². The maximum Gasteiger partial charge on any atom is 0.258 e. The highest BCUT2D eigenvalue weighted by atomic mass is 35.5. The summed E-state index contributed by atoms with van der Waals surface area (Å²) in [6.07, 6.45) is 3.45. The molecule has 1 saturated carbocycles. The summed E-state index contributed by atoms with van der Waals surface area (Å²) in [5.41, 5.74) is 14.2. The molecule has 2 unspecified atom stereocenters. The number of hydrogen-bond donors (Lipinski definition) is 6. The molecule has 8 N–H and O–H groups in total. The molecule has 73 heavy (non-hydrogen) atoms. The lowest BCUT2D eigenvalue weighted by Gasteiger charge is -2.37. The van der Waals surface area contributed by atoms with Crippen molar-refractivity contribution in [3.8, 4) is 16.2 Å². The lowest BCUT2D eigenvalue weighted by atomic mass is 9.85. The number of anilines is 3. The lowest BCUT2D eigenvalue weighted by molar-refractivity contribution is -0.145. The minimum absolute atomic E-state index is 0.00572. The topological polar surface area (TPSA) is 251 Å². The second kappa shape index (κ2) is 22.1. The number of piperidine rings is 2. The number of nitrogens with zero attached hydrogens (tertiary/aromatic N) is 6. The summed E-state index contributed by atoms with van der Waals surface area (Å²) >= 11 is 9.50. The summed E-state index contributed by atoms with van der Waals surface area (Å²) in [7, 11) is 0. The largest absolute Gasteiger partial charge is 0.493 e. The maximum atomic E-state index is 14.7. The van der Waals surface area contributed by atoms with Crippen LogP contribution in [-0.4, -0.2) is 128 Å². The van der Waals surface area contributed by atoms with Crippen molar-refractivity contribution in [1.82, 2.24) is 35.4 Å². The van der Waals surface area contributed by atoms with Crippen LogP contribution in [0.3, 0.4) is 0 Å². The van der Waals surface area contributed by atoms with E-state index in [1.54, 1.807) is 55.6 Å². The SMILES string of the molecule is Cc1ncsc1-c1ccc(CNC(=O)C2CC(O)CN2C(=O)[C@@H](NC(=O)C2(F)CC2)C(C)(C)C)c(OCC2CCN(C(=O)CC(=O)Nc3cccc(Sc4ncc(N5CCC(C)(N)CC5)nc4N)c3Cl)CC2)c1. The van der Waals surface area contributed by atoms with Gasteiger partial charge < -0.3 is 52.0 Å². The van der Waals surface area contributed by atoms with E-state index in [-0.39, 0.29) is 67.0 Å². The molecule has 8 rings (SSSR count). The third-order valence-electron chi connectivity index (χ3n) is 14.1. The predicted octanol–water partition coefficient (Wildman–Crippen LogP) is 5.87. The lowest BCUT2D eigenvalue weighted by Crippen LogP contribution is -2.59. The van der Waals surface area contributed by atoms with Crippen molar-refractivity contribution in [3.63, 3.8) is 0 Å². The minimum atomic E-state index is -1.99. The van der Waals surface area contributed by atoms with Gasteiger partial charge in [0.2, 0.25) is 23.6 Å². The summed E-state index contributed by atoms with van der Waals surface area (Å²) in [6, 6.07) is 8.77. The Bertz CT molecular complexity index is 2720. The summed E-state index contributed by atoms with van der Waals surface area (Å²) in [6.45, 7) is 11.9. The molecule has 3 atom stereocenters. The van der Waals surface area contributed by atoms with E-state index in [2.05, 4.69) is 35.8 Å². The van der Waals surface area contributed by atoms with Crippen LogP contribution in [0.4, 0.5) is 21.7 Å². The van der Waals surface area contributed by atoms with Crippen LogP contribution < -0.4 is 37.1 Å². The van der Waals surface area contributed by atoms with Gasteiger partial charge in [-0.2, -0.15) is 0 Å². The van der Waals surface area contributed by atoms with Crippen LogP contribution in [-0.2, 0) is 30.5 Å². The molecule has 0 spiro atoms. The number of aryl methyl sites for hydroxylation is 1. The number of benzene rings is 2. The van der Waals surface area contributed by atoms with E-state index in [9.17, 15) is 33.5 Å². The Balaban J connectivity index is 0.842. The number of ether oxygens (including phenoxy) is 1. The molecule has 5 amide bonds. The summed E-state index contributed by atoms with van der Waals surface area (Å²) in [5.74, 6) is -1.15. The van der Waals surface area contributed by atoms with Gasteiger partial charge in [-0.25, -0.2) is 19.3 Å². The van der Waals surface area contributed by atoms with Crippen LogP contribution in [0.25, 0.3) is 10.4 Å². The highest BCUT2D eigenvalue weighted by molar-refractivity contribution is 7.99. The number of β-amino-alcohol motifs (C(OH)–C–C–N with tert-alkyl or cyclic N) is 1. The predicted molar refractivity (Wildman–Crippen MR) is 279 cm³/mol. The molecule has 2 aromatic carbocycles. The smallest absolute Gasteiger partial charge is 0.258 e. The Morgan fingerprint density at radius 2 is 1.78 bits per heavy atom. The van der Waals surface area contributed by atoms with Gasteiger partial charge in [0.05, 0.1) is 45.7 Å². The quantitative estimate of drug-likeness (QED) is 0.0719. The molecule has 392 valence electrons. The number of halogens is 2. The van der Waals surface area contributed by atoms with E-state index < -0.39 is 52.9 Å². The number of nitrogens with one attached hydrogen (secondary N) is 3. The van der Waals surface area contributed by atoms with Gasteiger partial charge in [-0.1, -0.05) is 62.3 Å². The Labute approximate surface area is 437 Å². The highest BCUT2D eigenvalue weighted by Gasteiger charge is 2.53. The van der Waals surface area contributed by atoms with Gasteiger partial charge in [0, 0.05) is 61.7 Å². The number of alkyl halides is 1. The molecule has 4 aromatic rings. The van der Waals surface area contributed by atoms with Gasteiger partial charge in [0.15, 0.2) is 11.5 Å². The fraction of sp³-hybridized carbons (Fsp3) is 0.529. The third kappa shape index (κ3) is 13.0. The number of rotatable bonds is 16. The summed E-state index contributed by atoms with van der Waals surface area (Å²) in [5, 5.41) is 19.8. The molecule has 5 heterocycles. The number of thiazole rings is 1. The van der Waals surface area contributed by atoms with E-state index in [4.69, 9.17) is 27.8 Å². The molecular formula is C51H65ClFN11O7S2. The fourth-order valence-electron chi connectivity index (χ4n) is 9.22. The second-order valence-electron chi connectivity index (χ2n) is 21.1. The number of aliphatic hydroxyl groups is 1. The molecule has 4 fully saturated rings. The summed E-state index contributed by atoms with van der Waals surface area (Å²) in [4.78, 5) is 87.5.